The van der Waals surface area contributed by atoms with Crippen molar-refractivity contribution in [2.45, 2.75) is 12.8 Å². The molecule has 0 saturated carbocycles. The van der Waals surface area contributed by atoms with E-state index in [2.05, 4.69) is 34.4 Å². The fraction of sp³-hybridized carbons (Fsp3) is 0.154. The highest BCUT2D eigenvalue weighted by Gasteiger charge is 2.21. The summed E-state index contributed by atoms with van der Waals surface area (Å²) in [4.78, 5) is 9.15. The van der Waals surface area contributed by atoms with E-state index < -0.39 is 0 Å². The van der Waals surface area contributed by atoms with Gasteiger partial charge >= 0.3 is 0 Å². The average molecular weight is 410 g/mol. The van der Waals surface area contributed by atoms with Crippen molar-refractivity contribution in [1.82, 2.24) is 4.98 Å². The lowest BCUT2D eigenvalue weighted by atomic mass is 9.98. The number of fused-ring (bicyclic) bond motifs is 1. The molecular formula is C26H22N2O3. The summed E-state index contributed by atoms with van der Waals surface area (Å²) >= 11 is 0. The van der Waals surface area contributed by atoms with Crippen LogP contribution < -0.4 is 4.74 Å². The zero-order valence-electron chi connectivity index (χ0n) is 17.5. The topological polar surface area (TPSA) is 56.9 Å². The predicted molar refractivity (Wildman–Crippen MR) is 121 cm³/mol. The Labute approximate surface area is 181 Å². The lowest BCUT2D eigenvalue weighted by Crippen LogP contribution is -1.95. The third-order valence-corrected chi connectivity index (χ3v) is 5.61. The Balaban J connectivity index is 1.62. The quantitative estimate of drug-likeness (QED) is 0.380. The molecule has 0 saturated heterocycles. The van der Waals surface area contributed by atoms with Crippen LogP contribution in [0.25, 0.3) is 33.8 Å². The van der Waals surface area contributed by atoms with Crippen molar-refractivity contribution in [2.75, 3.05) is 14.2 Å². The fourth-order valence-electron chi connectivity index (χ4n) is 4.06. The van der Waals surface area contributed by atoms with Gasteiger partial charge < -0.3 is 14.0 Å². The Kier molecular flexibility index (Phi) is 5.00. The number of rotatable bonds is 5. The first-order valence-corrected chi connectivity index (χ1v) is 10.2. The molecule has 0 amide bonds. The van der Waals surface area contributed by atoms with Gasteiger partial charge in [0.15, 0.2) is 0 Å². The van der Waals surface area contributed by atoms with Crippen LogP contribution in [0.3, 0.4) is 0 Å². The summed E-state index contributed by atoms with van der Waals surface area (Å²) in [5.74, 6) is 2.46. The molecule has 2 aromatic carbocycles. The van der Waals surface area contributed by atoms with E-state index in [4.69, 9.17) is 14.0 Å². The molecule has 2 heterocycles. The summed E-state index contributed by atoms with van der Waals surface area (Å²) in [6.45, 7) is 0. The van der Waals surface area contributed by atoms with Crippen molar-refractivity contribution >= 4 is 5.71 Å². The first-order chi connectivity index (χ1) is 15.3. The van der Waals surface area contributed by atoms with E-state index in [-0.39, 0.29) is 0 Å². The molecule has 0 fully saturated rings. The first kappa shape index (κ1) is 19.1. The number of aromatic nitrogens is 1. The summed E-state index contributed by atoms with van der Waals surface area (Å²) < 4.78 is 11.7. The van der Waals surface area contributed by atoms with E-state index in [0.29, 0.717) is 0 Å². The highest BCUT2D eigenvalue weighted by atomic mass is 16.6. The van der Waals surface area contributed by atoms with Gasteiger partial charge in [-0.3, -0.25) is 4.98 Å². The molecular weight excluding hydrogens is 388 g/mol. The van der Waals surface area contributed by atoms with Gasteiger partial charge in [0.1, 0.15) is 24.4 Å². The third kappa shape index (κ3) is 3.59. The minimum atomic E-state index is 0.812. The maximum Gasteiger partial charge on any atom is 0.142 e. The Morgan fingerprint density at radius 2 is 1.58 bits per heavy atom. The lowest BCUT2D eigenvalue weighted by molar-refractivity contribution is 0.213. The average Bonchev–Trinajstić information content (AvgIpc) is 3.44. The zero-order chi connectivity index (χ0) is 21.2. The van der Waals surface area contributed by atoms with E-state index in [1.165, 1.54) is 5.56 Å². The molecule has 31 heavy (non-hydrogen) atoms. The highest BCUT2D eigenvalue weighted by Crippen LogP contribution is 2.40. The maximum atomic E-state index is 6.38. The Hall–Kier alpha value is -3.86. The van der Waals surface area contributed by atoms with Crippen molar-refractivity contribution in [3.63, 3.8) is 0 Å². The van der Waals surface area contributed by atoms with Crippen LogP contribution in [-0.4, -0.2) is 24.9 Å². The minimum absolute atomic E-state index is 0.812. The largest absolute Gasteiger partial charge is 0.497 e. The number of nitrogens with zero attached hydrogens (tertiary/aromatic N) is 2. The van der Waals surface area contributed by atoms with Crippen molar-refractivity contribution < 1.29 is 14.0 Å². The molecule has 0 unspecified atom stereocenters. The number of methoxy groups -OCH3 is 1. The number of benzene rings is 2. The lowest BCUT2D eigenvalue weighted by Gasteiger charge is -2.06. The van der Waals surface area contributed by atoms with Crippen LogP contribution in [0, 0.1) is 0 Å². The highest BCUT2D eigenvalue weighted by molar-refractivity contribution is 6.04. The predicted octanol–water partition coefficient (Wildman–Crippen LogP) is 5.98. The van der Waals surface area contributed by atoms with E-state index in [9.17, 15) is 0 Å². The normalized spacial score (nSPS) is 13.9. The summed E-state index contributed by atoms with van der Waals surface area (Å²) in [5.41, 5.74) is 7.61. The van der Waals surface area contributed by atoms with Crippen molar-refractivity contribution in [2.24, 2.45) is 5.16 Å². The Bertz CT molecular complexity index is 1240. The molecule has 2 aromatic heterocycles. The van der Waals surface area contributed by atoms with Gasteiger partial charge in [-0.15, -0.1) is 0 Å². The Morgan fingerprint density at radius 3 is 2.32 bits per heavy atom. The van der Waals surface area contributed by atoms with Crippen LogP contribution in [0.2, 0.25) is 0 Å². The van der Waals surface area contributed by atoms with Crippen LogP contribution in [0.1, 0.15) is 17.5 Å². The van der Waals surface area contributed by atoms with E-state index in [1.807, 2.05) is 36.4 Å². The molecule has 0 atom stereocenters. The molecule has 4 aromatic rings. The number of pyridine rings is 1. The summed E-state index contributed by atoms with van der Waals surface area (Å²) in [5, 5.41) is 4.17. The summed E-state index contributed by atoms with van der Waals surface area (Å²) in [7, 11) is 3.25. The SMILES string of the molecule is CO/N=C1\CCc2cc(-c3cc(-c4ccc(OC)cc4)oc3-c3ccncc3)ccc21. The van der Waals surface area contributed by atoms with Gasteiger partial charge in [-0.2, -0.15) is 0 Å². The van der Waals surface area contributed by atoms with Crippen molar-refractivity contribution in [3.05, 3.63) is 84.2 Å². The number of hydrogen-bond acceptors (Lipinski definition) is 5. The zero-order valence-corrected chi connectivity index (χ0v) is 17.5. The Morgan fingerprint density at radius 1 is 0.806 bits per heavy atom. The molecule has 0 spiro atoms. The molecule has 1 aliphatic rings. The number of hydrogen-bond donors (Lipinski definition) is 0. The van der Waals surface area contributed by atoms with Crippen LogP contribution in [0.4, 0.5) is 0 Å². The molecule has 154 valence electrons. The molecule has 5 nitrogen and oxygen atoms in total. The molecule has 5 rings (SSSR count). The van der Waals surface area contributed by atoms with Crippen LogP contribution in [0.5, 0.6) is 5.75 Å². The van der Waals surface area contributed by atoms with E-state index in [1.54, 1.807) is 26.6 Å². The molecule has 0 bridgehead atoms. The second-order valence-corrected chi connectivity index (χ2v) is 7.41. The standard InChI is InChI=1S/C26H22N2O3/c1-29-21-7-3-17(4-8-21)25-16-23(26(31-25)18-11-13-27-14-12-18)20-5-9-22-19(15-20)6-10-24(22)28-30-2/h3-5,7-9,11-16H,6,10H2,1-2H3/b28-24+. The molecule has 0 aliphatic heterocycles. The van der Waals surface area contributed by atoms with Gasteiger partial charge in [-0.05, 0) is 66.4 Å². The number of ether oxygens (including phenoxy) is 1. The van der Waals surface area contributed by atoms with Gasteiger partial charge in [0.05, 0.1) is 12.8 Å². The van der Waals surface area contributed by atoms with Gasteiger partial charge in [-0.25, -0.2) is 0 Å². The minimum Gasteiger partial charge on any atom is -0.497 e. The van der Waals surface area contributed by atoms with Crippen LogP contribution >= 0.6 is 0 Å². The molecule has 0 radical (unpaired) electrons. The third-order valence-electron chi connectivity index (χ3n) is 5.61. The monoisotopic (exact) mass is 410 g/mol. The van der Waals surface area contributed by atoms with Crippen molar-refractivity contribution in [1.29, 1.82) is 0 Å². The molecule has 5 heteroatoms. The van der Waals surface area contributed by atoms with Crippen LogP contribution in [0.15, 0.2) is 82.6 Å². The smallest absolute Gasteiger partial charge is 0.142 e. The molecule has 0 N–H and O–H groups in total. The van der Waals surface area contributed by atoms with Crippen molar-refractivity contribution in [3.8, 4) is 39.5 Å². The number of aryl methyl sites for hydroxylation is 1. The number of oxime groups is 1. The van der Waals surface area contributed by atoms with Gasteiger partial charge in [-0.1, -0.05) is 23.4 Å². The van der Waals surface area contributed by atoms with E-state index >= 15 is 0 Å². The fourth-order valence-corrected chi connectivity index (χ4v) is 4.06. The van der Waals surface area contributed by atoms with E-state index in [0.717, 1.165) is 63.6 Å². The molecule has 1 aliphatic carbocycles. The second kappa shape index (κ2) is 8.11. The second-order valence-electron chi connectivity index (χ2n) is 7.41. The van der Waals surface area contributed by atoms with Gasteiger partial charge in [0.25, 0.3) is 0 Å². The first-order valence-electron chi connectivity index (χ1n) is 10.2. The van der Waals surface area contributed by atoms with Gasteiger partial charge in [0, 0.05) is 34.6 Å². The van der Waals surface area contributed by atoms with Crippen LogP contribution in [-0.2, 0) is 11.3 Å². The van der Waals surface area contributed by atoms with Gasteiger partial charge in [0.2, 0.25) is 0 Å². The maximum absolute atomic E-state index is 6.38. The summed E-state index contributed by atoms with van der Waals surface area (Å²) in [6.07, 6.45) is 5.42. The number of furan rings is 1. The summed E-state index contributed by atoms with van der Waals surface area (Å²) in [6, 6.07) is 20.4.